The molecular formula is C15H15ClN2O2. The minimum atomic E-state index is -0.395. The molecule has 0 radical (unpaired) electrons. The third-order valence-electron chi connectivity index (χ3n) is 3.00. The summed E-state index contributed by atoms with van der Waals surface area (Å²) in [4.78, 5) is 10.2. The molecule has 0 aromatic heterocycles. The first-order valence-electron chi connectivity index (χ1n) is 6.29. The Kier molecular flexibility index (Phi) is 4.58. The minimum absolute atomic E-state index is 0.114. The first kappa shape index (κ1) is 14.3. The summed E-state index contributed by atoms with van der Waals surface area (Å²) in [7, 11) is 0. The molecule has 2 aromatic carbocycles. The summed E-state index contributed by atoms with van der Waals surface area (Å²) in [6, 6.07) is 12.5. The molecule has 0 aliphatic heterocycles. The number of nitro benzene ring substituents is 1. The molecule has 0 heterocycles. The zero-order chi connectivity index (χ0) is 14.5. The number of aryl methyl sites for hydroxylation is 1. The molecule has 20 heavy (non-hydrogen) atoms. The fraction of sp³-hybridized carbons (Fsp3) is 0.200. The summed E-state index contributed by atoms with van der Waals surface area (Å²) in [5.74, 6) is 0. The van der Waals surface area contributed by atoms with Crippen LogP contribution in [-0.4, -0.2) is 11.5 Å². The third-order valence-corrected chi connectivity index (χ3v) is 3.31. The number of anilines is 1. The maximum Gasteiger partial charge on any atom is 0.269 e. The molecule has 1 N–H and O–H groups in total. The summed E-state index contributed by atoms with van der Waals surface area (Å²) in [6.07, 6.45) is 0.780. The number of rotatable bonds is 5. The van der Waals surface area contributed by atoms with Crippen LogP contribution >= 0.6 is 11.6 Å². The summed E-state index contributed by atoms with van der Waals surface area (Å²) in [5, 5.41) is 14.5. The van der Waals surface area contributed by atoms with Crippen LogP contribution in [0.4, 0.5) is 11.4 Å². The Hall–Kier alpha value is -2.07. The van der Waals surface area contributed by atoms with E-state index in [1.807, 2.05) is 25.1 Å². The molecule has 0 saturated carbocycles. The number of hydrogen-bond acceptors (Lipinski definition) is 3. The first-order chi connectivity index (χ1) is 9.56. The second-order valence-electron chi connectivity index (χ2n) is 4.58. The lowest BCUT2D eigenvalue weighted by molar-refractivity contribution is -0.384. The Balaban J connectivity index is 1.91. The molecule has 104 valence electrons. The molecule has 0 saturated heterocycles. The minimum Gasteiger partial charge on any atom is -0.384 e. The largest absolute Gasteiger partial charge is 0.384 e. The van der Waals surface area contributed by atoms with Crippen LogP contribution in [0.25, 0.3) is 0 Å². The van der Waals surface area contributed by atoms with Crippen LogP contribution in [-0.2, 0) is 6.42 Å². The Labute approximate surface area is 122 Å². The van der Waals surface area contributed by atoms with Crippen LogP contribution in [0.5, 0.6) is 0 Å². The van der Waals surface area contributed by atoms with E-state index in [0.717, 1.165) is 29.8 Å². The molecule has 2 rings (SSSR count). The zero-order valence-electron chi connectivity index (χ0n) is 11.1. The fourth-order valence-electron chi connectivity index (χ4n) is 1.89. The molecule has 0 spiro atoms. The van der Waals surface area contributed by atoms with Gasteiger partial charge in [-0.05, 0) is 36.6 Å². The van der Waals surface area contributed by atoms with Gasteiger partial charge in [0.1, 0.15) is 0 Å². The van der Waals surface area contributed by atoms with Crippen molar-refractivity contribution >= 4 is 23.0 Å². The van der Waals surface area contributed by atoms with Gasteiger partial charge in [0.25, 0.3) is 5.69 Å². The number of nitro groups is 1. The second kappa shape index (κ2) is 6.39. The van der Waals surface area contributed by atoms with Crippen molar-refractivity contribution in [3.63, 3.8) is 0 Å². The van der Waals surface area contributed by atoms with Crippen LogP contribution in [0.3, 0.4) is 0 Å². The van der Waals surface area contributed by atoms with Crippen molar-refractivity contribution in [2.45, 2.75) is 13.3 Å². The van der Waals surface area contributed by atoms with Crippen molar-refractivity contribution in [3.05, 3.63) is 68.7 Å². The Morgan fingerprint density at radius 2 is 1.90 bits per heavy atom. The van der Waals surface area contributed by atoms with Crippen LogP contribution in [0.1, 0.15) is 11.1 Å². The molecule has 0 amide bonds. The molecule has 0 unspecified atom stereocenters. The van der Waals surface area contributed by atoms with Gasteiger partial charge in [0.05, 0.1) is 15.6 Å². The van der Waals surface area contributed by atoms with Gasteiger partial charge >= 0.3 is 0 Å². The van der Waals surface area contributed by atoms with E-state index in [1.165, 1.54) is 12.1 Å². The Morgan fingerprint density at radius 1 is 1.20 bits per heavy atom. The van der Waals surface area contributed by atoms with Crippen molar-refractivity contribution in [2.75, 3.05) is 11.9 Å². The van der Waals surface area contributed by atoms with Gasteiger partial charge in [0.15, 0.2) is 0 Å². The van der Waals surface area contributed by atoms with Crippen molar-refractivity contribution < 1.29 is 4.92 Å². The van der Waals surface area contributed by atoms with Crippen LogP contribution in [0.15, 0.2) is 42.5 Å². The van der Waals surface area contributed by atoms with Gasteiger partial charge < -0.3 is 5.32 Å². The van der Waals surface area contributed by atoms with E-state index in [4.69, 9.17) is 11.6 Å². The van der Waals surface area contributed by atoms with Gasteiger partial charge in [-0.15, -0.1) is 0 Å². The number of nitrogens with one attached hydrogen (secondary N) is 1. The highest BCUT2D eigenvalue weighted by molar-refractivity contribution is 6.33. The number of non-ortho nitro benzene ring substituents is 1. The van der Waals surface area contributed by atoms with E-state index in [9.17, 15) is 10.1 Å². The average Bonchev–Trinajstić information content (AvgIpc) is 2.42. The lowest BCUT2D eigenvalue weighted by Crippen LogP contribution is -2.05. The van der Waals surface area contributed by atoms with E-state index in [1.54, 1.807) is 12.1 Å². The molecule has 5 heteroatoms. The molecule has 0 atom stereocenters. The molecular weight excluding hydrogens is 276 g/mol. The second-order valence-corrected chi connectivity index (χ2v) is 4.99. The monoisotopic (exact) mass is 290 g/mol. The normalized spacial score (nSPS) is 10.3. The van der Waals surface area contributed by atoms with E-state index < -0.39 is 4.92 Å². The predicted molar refractivity (Wildman–Crippen MR) is 81.5 cm³/mol. The van der Waals surface area contributed by atoms with E-state index in [2.05, 4.69) is 5.32 Å². The molecule has 0 aliphatic carbocycles. The number of halogens is 1. The van der Waals surface area contributed by atoms with Gasteiger partial charge in [-0.1, -0.05) is 29.8 Å². The quantitative estimate of drug-likeness (QED) is 0.663. The summed E-state index contributed by atoms with van der Waals surface area (Å²) in [6.45, 7) is 2.72. The molecule has 0 bridgehead atoms. The van der Waals surface area contributed by atoms with E-state index in [-0.39, 0.29) is 5.69 Å². The fourth-order valence-corrected chi connectivity index (χ4v) is 2.19. The van der Waals surface area contributed by atoms with Gasteiger partial charge in [-0.2, -0.15) is 0 Å². The smallest absolute Gasteiger partial charge is 0.269 e. The van der Waals surface area contributed by atoms with Gasteiger partial charge in [0.2, 0.25) is 0 Å². The zero-order valence-corrected chi connectivity index (χ0v) is 11.9. The Bertz CT molecular complexity index is 612. The van der Waals surface area contributed by atoms with E-state index in [0.29, 0.717) is 5.02 Å². The topological polar surface area (TPSA) is 55.2 Å². The summed E-state index contributed by atoms with van der Waals surface area (Å²) in [5.41, 5.74) is 3.18. The van der Waals surface area contributed by atoms with Gasteiger partial charge in [-0.25, -0.2) is 0 Å². The van der Waals surface area contributed by atoms with Gasteiger partial charge in [-0.3, -0.25) is 10.1 Å². The van der Waals surface area contributed by atoms with E-state index >= 15 is 0 Å². The average molecular weight is 291 g/mol. The maximum absolute atomic E-state index is 10.6. The number of nitrogens with zero attached hydrogens (tertiary/aromatic N) is 1. The lowest BCUT2D eigenvalue weighted by atomic mass is 10.1. The van der Waals surface area contributed by atoms with Crippen molar-refractivity contribution in [3.8, 4) is 0 Å². The standard InChI is InChI=1S/C15H15ClN2O2/c1-11-2-7-15(14(16)10-11)17-9-8-12-3-5-13(6-4-12)18(19)20/h2-7,10,17H,8-9H2,1H3. The highest BCUT2D eigenvalue weighted by Gasteiger charge is 2.04. The van der Waals surface area contributed by atoms with Gasteiger partial charge in [0, 0.05) is 18.7 Å². The maximum atomic E-state index is 10.6. The highest BCUT2D eigenvalue weighted by Crippen LogP contribution is 2.22. The third kappa shape index (κ3) is 3.71. The van der Waals surface area contributed by atoms with Crippen LogP contribution < -0.4 is 5.32 Å². The van der Waals surface area contributed by atoms with Crippen molar-refractivity contribution in [1.82, 2.24) is 0 Å². The molecule has 4 nitrogen and oxygen atoms in total. The predicted octanol–water partition coefficient (Wildman–Crippen LogP) is 4.21. The number of hydrogen-bond donors (Lipinski definition) is 1. The molecule has 0 fully saturated rings. The Morgan fingerprint density at radius 3 is 2.50 bits per heavy atom. The van der Waals surface area contributed by atoms with Crippen molar-refractivity contribution in [2.24, 2.45) is 0 Å². The van der Waals surface area contributed by atoms with Crippen molar-refractivity contribution in [1.29, 1.82) is 0 Å². The van der Waals surface area contributed by atoms with Crippen LogP contribution in [0, 0.1) is 17.0 Å². The first-order valence-corrected chi connectivity index (χ1v) is 6.67. The summed E-state index contributed by atoms with van der Waals surface area (Å²) >= 11 is 6.13. The molecule has 2 aromatic rings. The number of benzene rings is 2. The molecule has 0 aliphatic rings. The highest BCUT2D eigenvalue weighted by atomic mass is 35.5. The summed E-state index contributed by atoms with van der Waals surface area (Å²) < 4.78 is 0. The lowest BCUT2D eigenvalue weighted by Gasteiger charge is -2.09. The van der Waals surface area contributed by atoms with Crippen LogP contribution in [0.2, 0.25) is 5.02 Å². The SMILES string of the molecule is Cc1ccc(NCCc2ccc([N+](=O)[O-])cc2)c(Cl)c1.